The molecule has 6 nitrogen and oxygen atoms in total. The predicted octanol–water partition coefficient (Wildman–Crippen LogP) is 4.87. The Hall–Kier alpha value is -3.28. The molecule has 0 heterocycles. The summed E-state index contributed by atoms with van der Waals surface area (Å²) in [6.07, 6.45) is 0. The van der Waals surface area contributed by atoms with Crippen molar-refractivity contribution in [2.24, 2.45) is 10.2 Å². The van der Waals surface area contributed by atoms with Crippen molar-refractivity contribution in [3.05, 3.63) is 70.8 Å². The van der Waals surface area contributed by atoms with Gasteiger partial charge in [0.15, 0.2) is 5.75 Å². The van der Waals surface area contributed by atoms with Crippen LogP contribution in [0.4, 0.5) is 17.1 Å². The maximum absolute atomic E-state index is 10.6. The maximum Gasteiger partial charge on any atom is 0.269 e. The Kier molecular flexibility index (Phi) is 3.49. The van der Waals surface area contributed by atoms with Crippen molar-refractivity contribution in [2.45, 2.75) is 0 Å². The zero-order chi connectivity index (χ0) is 15.5. The molecule has 108 valence electrons. The van der Waals surface area contributed by atoms with E-state index in [0.29, 0.717) is 16.8 Å². The quantitative estimate of drug-likeness (QED) is 0.424. The Morgan fingerprint density at radius 3 is 2.36 bits per heavy atom. The maximum atomic E-state index is 10.6. The van der Waals surface area contributed by atoms with Crippen LogP contribution >= 0.6 is 0 Å². The molecule has 0 radical (unpaired) electrons. The molecule has 22 heavy (non-hydrogen) atoms. The van der Waals surface area contributed by atoms with Gasteiger partial charge in [0, 0.05) is 17.5 Å². The van der Waals surface area contributed by atoms with Gasteiger partial charge in [0.1, 0.15) is 5.69 Å². The number of benzene rings is 3. The Labute approximate surface area is 125 Å². The van der Waals surface area contributed by atoms with E-state index < -0.39 is 4.92 Å². The molecule has 0 saturated carbocycles. The molecule has 3 rings (SSSR count). The first-order chi connectivity index (χ1) is 10.6. The van der Waals surface area contributed by atoms with Gasteiger partial charge in [0.2, 0.25) is 0 Å². The molecule has 0 amide bonds. The monoisotopic (exact) mass is 293 g/mol. The highest BCUT2D eigenvalue weighted by Crippen LogP contribution is 2.35. The number of aromatic hydroxyl groups is 1. The summed E-state index contributed by atoms with van der Waals surface area (Å²) in [4.78, 5) is 10.1. The number of nitro benzene ring substituents is 1. The molecular formula is C16H11N3O3. The van der Waals surface area contributed by atoms with Gasteiger partial charge in [-0.3, -0.25) is 10.1 Å². The third-order valence-electron chi connectivity index (χ3n) is 3.21. The van der Waals surface area contributed by atoms with E-state index >= 15 is 0 Å². The van der Waals surface area contributed by atoms with Crippen molar-refractivity contribution in [1.82, 2.24) is 0 Å². The van der Waals surface area contributed by atoms with Crippen LogP contribution in [-0.2, 0) is 0 Å². The molecule has 0 bridgehead atoms. The molecule has 0 aliphatic heterocycles. The fraction of sp³-hybridized carbons (Fsp3) is 0. The number of phenols is 1. The van der Waals surface area contributed by atoms with Gasteiger partial charge in [-0.1, -0.05) is 30.3 Å². The first-order valence-electron chi connectivity index (χ1n) is 6.52. The third kappa shape index (κ3) is 2.62. The average Bonchev–Trinajstić information content (AvgIpc) is 2.55. The van der Waals surface area contributed by atoms with Crippen molar-refractivity contribution >= 4 is 27.8 Å². The second-order valence-corrected chi connectivity index (χ2v) is 4.63. The minimum Gasteiger partial charge on any atom is -0.505 e. The van der Waals surface area contributed by atoms with E-state index in [0.717, 1.165) is 5.39 Å². The van der Waals surface area contributed by atoms with Gasteiger partial charge in [-0.05, 0) is 23.6 Å². The summed E-state index contributed by atoms with van der Waals surface area (Å²) in [7, 11) is 0. The number of azo groups is 1. The Bertz CT molecular complexity index is 873. The summed E-state index contributed by atoms with van der Waals surface area (Å²) < 4.78 is 0. The summed E-state index contributed by atoms with van der Waals surface area (Å²) >= 11 is 0. The smallest absolute Gasteiger partial charge is 0.269 e. The summed E-state index contributed by atoms with van der Waals surface area (Å²) in [5.41, 5.74) is 0.808. The highest BCUT2D eigenvalue weighted by Gasteiger charge is 2.06. The Morgan fingerprint density at radius 1 is 0.909 bits per heavy atom. The lowest BCUT2D eigenvalue weighted by Gasteiger charge is -2.03. The lowest BCUT2D eigenvalue weighted by molar-refractivity contribution is -0.384. The topological polar surface area (TPSA) is 88.1 Å². The molecule has 3 aromatic carbocycles. The Balaban J connectivity index is 1.92. The van der Waals surface area contributed by atoms with Crippen LogP contribution in [0, 0.1) is 10.1 Å². The minimum absolute atomic E-state index is 0.00694. The molecule has 0 unspecified atom stereocenters. The summed E-state index contributed by atoms with van der Waals surface area (Å²) in [6.45, 7) is 0. The molecule has 0 saturated heterocycles. The fourth-order valence-electron chi connectivity index (χ4n) is 2.08. The standard InChI is InChI=1S/C16H11N3O3/c20-16-14-4-2-1-3-11(14)5-10-15(16)18-17-12-6-8-13(9-7-12)19(21)22/h1-10,20H. The molecule has 1 N–H and O–H groups in total. The fourth-order valence-corrected chi connectivity index (χ4v) is 2.08. The molecule has 3 aromatic rings. The number of nitro groups is 1. The zero-order valence-corrected chi connectivity index (χ0v) is 11.4. The molecule has 0 aromatic heterocycles. The highest BCUT2D eigenvalue weighted by atomic mass is 16.6. The van der Waals surface area contributed by atoms with Crippen LogP contribution in [0.5, 0.6) is 5.75 Å². The van der Waals surface area contributed by atoms with Crippen molar-refractivity contribution in [3.8, 4) is 5.75 Å². The van der Waals surface area contributed by atoms with E-state index in [9.17, 15) is 15.2 Å². The van der Waals surface area contributed by atoms with Crippen LogP contribution < -0.4 is 0 Å². The number of hydrogen-bond donors (Lipinski definition) is 1. The Morgan fingerprint density at radius 2 is 1.64 bits per heavy atom. The van der Waals surface area contributed by atoms with Gasteiger partial charge in [0.25, 0.3) is 5.69 Å². The molecular weight excluding hydrogens is 282 g/mol. The zero-order valence-electron chi connectivity index (χ0n) is 11.4. The van der Waals surface area contributed by atoms with Crippen molar-refractivity contribution < 1.29 is 10.0 Å². The number of rotatable bonds is 3. The van der Waals surface area contributed by atoms with Crippen LogP contribution in [0.2, 0.25) is 0 Å². The number of phenolic OH excluding ortho intramolecular Hbond substituents is 1. The number of fused-ring (bicyclic) bond motifs is 1. The summed E-state index contributed by atoms with van der Waals surface area (Å²) in [5, 5.41) is 30.4. The van der Waals surface area contributed by atoms with Gasteiger partial charge in [0.05, 0.1) is 10.6 Å². The van der Waals surface area contributed by atoms with E-state index in [4.69, 9.17) is 0 Å². The molecule has 6 heteroatoms. The van der Waals surface area contributed by atoms with Gasteiger partial charge < -0.3 is 5.11 Å². The number of hydrogen-bond acceptors (Lipinski definition) is 5. The molecule has 0 spiro atoms. The molecule has 0 fully saturated rings. The first-order valence-corrected chi connectivity index (χ1v) is 6.52. The van der Waals surface area contributed by atoms with Crippen molar-refractivity contribution in [2.75, 3.05) is 0 Å². The van der Waals surface area contributed by atoms with Crippen LogP contribution in [-0.4, -0.2) is 10.0 Å². The summed E-state index contributed by atoms with van der Waals surface area (Å²) in [5.74, 6) is 0.0590. The van der Waals surface area contributed by atoms with Crippen LogP contribution in [0.1, 0.15) is 0 Å². The second-order valence-electron chi connectivity index (χ2n) is 4.63. The number of non-ortho nitro benzene ring substituents is 1. The van der Waals surface area contributed by atoms with Crippen molar-refractivity contribution in [1.29, 1.82) is 0 Å². The van der Waals surface area contributed by atoms with Crippen LogP contribution in [0.25, 0.3) is 10.8 Å². The van der Waals surface area contributed by atoms with E-state index in [1.807, 2.05) is 24.3 Å². The second kappa shape index (κ2) is 5.61. The van der Waals surface area contributed by atoms with Crippen LogP contribution in [0.15, 0.2) is 70.9 Å². The summed E-state index contributed by atoms with van der Waals surface area (Å²) in [6, 6.07) is 16.6. The van der Waals surface area contributed by atoms with E-state index in [1.165, 1.54) is 24.3 Å². The van der Waals surface area contributed by atoms with E-state index in [2.05, 4.69) is 10.2 Å². The normalized spacial score (nSPS) is 11.1. The predicted molar refractivity (Wildman–Crippen MR) is 82.9 cm³/mol. The largest absolute Gasteiger partial charge is 0.505 e. The lowest BCUT2D eigenvalue weighted by atomic mass is 10.1. The lowest BCUT2D eigenvalue weighted by Crippen LogP contribution is -1.85. The molecule has 0 atom stereocenters. The van der Waals surface area contributed by atoms with Gasteiger partial charge in [-0.2, -0.15) is 5.11 Å². The van der Waals surface area contributed by atoms with E-state index in [-0.39, 0.29) is 11.4 Å². The van der Waals surface area contributed by atoms with Gasteiger partial charge >= 0.3 is 0 Å². The minimum atomic E-state index is -0.476. The third-order valence-corrected chi connectivity index (χ3v) is 3.21. The highest BCUT2D eigenvalue weighted by molar-refractivity contribution is 5.92. The van der Waals surface area contributed by atoms with Crippen molar-refractivity contribution in [3.63, 3.8) is 0 Å². The number of nitrogens with zero attached hydrogens (tertiary/aromatic N) is 3. The SMILES string of the molecule is O=[N+]([O-])c1ccc(N=Nc2ccc3ccccc3c2O)cc1. The van der Waals surface area contributed by atoms with Gasteiger partial charge in [-0.15, -0.1) is 5.11 Å². The molecule has 0 aliphatic rings. The van der Waals surface area contributed by atoms with Crippen LogP contribution in [0.3, 0.4) is 0 Å². The first kappa shape index (κ1) is 13.7. The van der Waals surface area contributed by atoms with E-state index in [1.54, 1.807) is 12.1 Å². The average molecular weight is 293 g/mol. The van der Waals surface area contributed by atoms with Gasteiger partial charge in [-0.25, -0.2) is 0 Å². The molecule has 0 aliphatic carbocycles.